The first-order valence-electron chi connectivity index (χ1n) is 3.64. The second-order valence-corrected chi connectivity index (χ2v) is 3.64. The van der Waals surface area contributed by atoms with Crippen LogP contribution in [0, 0.1) is 0 Å². The minimum Gasteiger partial charge on any atom is -0.478 e. The second-order valence-electron chi connectivity index (χ2n) is 2.85. The molecule has 1 N–H and O–H groups in total. The normalized spacial score (nSPS) is 13.9. The lowest BCUT2D eigenvalue weighted by molar-refractivity contribution is 0.0679. The zero-order chi connectivity index (χ0) is 10.0. The molecule has 0 aliphatic carbocycles. The number of hydrogen-bond acceptors (Lipinski definition) is 4. The fourth-order valence-corrected chi connectivity index (χ4v) is 2.12. The Bertz CT molecular complexity index is 582. The summed E-state index contributed by atoms with van der Waals surface area (Å²) >= 11 is 3.11. The van der Waals surface area contributed by atoms with Crippen molar-refractivity contribution in [2.24, 2.45) is 0 Å². The fourth-order valence-electron chi connectivity index (χ4n) is 1.58. The summed E-state index contributed by atoms with van der Waals surface area (Å²) in [6, 6.07) is 0. The van der Waals surface area contributed by atoms with Gasteiger partial charge in [0.2, 0.25) is 0 Å². The predicted molar refractivity (Wildman–Crippen MR) is 47.0 cm³/mol. The van der Waals surface area contributed by atoms with Crippen LogP contribution in [-0.2, 0) is 0 Å². The molecule has 0 unspecified atom stereocenters. The van der Waals surface area contributed by atoms with Gasteiger partial charge in [0.05, 0.1) is 0 Å². The summed E-state index contributed by atoms with van der Waals surface area (Å²) in [6.07, 6.45) is 0. The number of aromatic carboxylic acids is 1. The molecule has 0 saturated carbocycles. The number of carboxylic acid groups (broad SMARTS) is 1. The van der Waals surface area contributed by atoms with Gasteiger partial charge in [0.15, 0.2) is 16.9 Å². The van der Waals surface area contributed by atoms with Gasteiger partial charge in [0, 0.05) is 0 Å². The maximum Gasteiger partial charge on any atom is 0.348 e. The number of ether oxygens (including phenoxy) is 1. The van der Waals surface area contributed by atoms with E-state index in [1.165, 1.54) is 0 Å². The maximum atomic E-state index is 11.2. The van der Waals surface area contributed by atoms with E-state index in [0.29, 0.717) is 4.47 Å². The van der Waals surface area contributed by atoms with E-state index in [9.17, 15) is 9.59 Å². The lowest BCUT2D eigenvalue weighted by Gasteiger charge is -1.89. The highest BCUT2D eigenvalue weighted by molar-refractivity contribution is 9.10. The number of carboxylic acids is 1. The molecule has 0 aromatic carbocycles. The van der Waals surface area contributed by atoms with Gasteiger partial charge in [0.1, 0.15) is 15.6 Å². The Morgan fingerprint density at radius 1 is 1.36 bits per heavy atom. The van der Waals surface area contributed by atoms with Crippen molar-refractivity contribution in [2.45, 2.75) is 0 Å². The SMILES string of the molecule is O=C(O)c1c2c3oc1c(Br)c3OC2=O. The van der Waals surface area contributed by atoms with Gasteiger partial charge in [-0.05, 0) is 15.9 Å². The highest BCUT2D eigenvalue weighted by atomic mass is 79.9. The monoisotopic (exact) mass is 256 g/mol. The molecule has 2 aromatic heterocycles. The van der Waals surface area contributed by atoms with Gasteiger partial charge in [-0.1, -0.05) is 0 Å². The van der Waals surface area contributed by atoms with E-state index in [1.54, 1.807) is 0 Å². The molecule has 0 amide bonds. The van der Waals surface area contributed by atoms with E-state index in [1.807, 2.05) is 0 Å². The molecule has 0 radical (unpaired) electrons. The summed E-state index contributed by atoms with van der Waals surface area (Å²) in [5.41, 5.74) is 0.265. The van der Waals surface area contributed by atoms with Crippen molar-refractivity contribution < 1.29 is 23.8 Å². The highest BCUT2D eigenvalue weighted by Crippen LogP contribution is 2.49. The number of rotatable bonds is 1. The lowest BCUT2D eigenvalue weighted by Crippen LogP contribution is -2.06. The number of esters is 1. The minimum absolute atomic E-state index is 0.0192. The van der Waals surface area contributed by atoms with Crippen LogP contribution in [0.5, 0.6) is 5.75 Å². The molecule has 0 fully saturated rings. The molecular weight excluding hydrogens is 256 g/mol. The highest BCUT2D eigenvalue weighted by Gasteiger charge is 2.41. The van der Waals surface area contributed by atoms with Crippen LogP contribution in [-0.4, -0.2) is 17.0 Å². The van der Waals surface area contributed by atoms with Gasteiger partial charge >= 0.3 is 11.9 Å². The molecular formula is C8HBrO5. The van der Waals surface area contributed by atoms with Crippen LogP contribution in [0.3, 0.4) is 0 Å². The van der Waals surface area contributed by atoms with E-state index in [-0.39, 0.29) is 28.0 Å². The third-order valence-corrected chi connectivity index (χ3v) is 2.85. The largest absolute Gasteiger partial charge is 0.478 e. The Morgan fingerprint density at radius 2 is 2.07 bits per heavy atom. The summed E-state index contributed by atoms with van der Waals surface area (Å²) in [5, 5.41) is 8.87. The van der Waals surface area contributed by atoms with Crippen LogP contribution in [0.2, 0.25) is 0 Å². The molecule has 6 heteroatoms. The molecule has 2 bridgehead atoms. The van der Waals surface area contributed by atoms with E-state index in [2.05, 4.69) is 15.9 Å². The zero-order valence-corrected chi connectivity index (χ0v) is 8.04. The van der Waals surface area contributed by atoms with Crippen molar-refractivity contribution in [2.75, 3.05) is 0 Å². The fraction of sp³-hybridized carbons (Fsp3) is 0. The molecule has 14 heavy (non-hydrogen) atoms. The van der Waals surface area contributed by atoms with Gasteiger partial charge in [-0.2, -0.15) is 0 Å². The summed E-state index contributed by atoms with van der Waals surface area (Å²) in [6.45, 7) is 0. The first-order chi connectivity index (χ1) is 6.61. The van der Waals surface area contributed by atoms with Crippen LogP contribution in [0.25, 0.3) is 11.2 Å². The molecule has 70 valence electrons. The molecule has 0 spiro atoms. The first kappa shape index (κ1) is 7.81. The summed E-state index contributed by atoms with van der Waals surface area (Å²) < 4.78 is 10.3. The standard InChI is InChI=1S/C8HBrO5/c9-3-4-1(7(10)11)2-5(13-4)6(3)14-8(2)12/h(H,10,11). The average molecular weight is 257 g/mol. The second kappa shape index (κ2) is 2.09. The third kappa shape index (κ3) is 0.630. The van der Waals surface area contributed by atoms with Gasteiger partial charge in [-0.25, -0.2) is 9.59 Å². The van der Waals surface area contributed by atoms with E-state index in [0.717, 1.165) is 0 Å². The van der Waals surface area contributed by atoms with Crippen molar-refractivity contribution in [1.82, 2.24) is 0 Å². The number of hydrogen-bond donors (Lipinski definition) is 1. The summed E-state index contributed by atoms with van der Waals surface area (Å²) in [7, 11) is 0. The molecule has 2 aromatic rings. The Labute approximate surface area is 84.7 Å². The maximum absolute atomic E-state index is 11.2. The minimum atomic E-state index is -1.19. The number of furan rings is 2. The van der Waals surface area contributed by atoms with Crippen molar-refractivity contribution in [3.63, 3.8) is 0 Å². The number of carbonyl (C=O) groups excluding carboxylic acids is 1. The molecule has 3 heterocycles. The molecule has 0 saturated heterocycles. The van der Waals surface area contributed by atoms with E-state index in [4.69, 9.17) is 14.3 Å². The van der Waals surface area contributed by atoms with Crippen LogP contribution in [0.15, 0.2) is 8.89 Å². The molecule has 1 aliphatic rings. The van der Waals surface area contributed by atoms with Gasteiger partial charge in [-0.3, -0.25) is 0 Å². The topological polar surface area (TPSA) is 76.7 Å². The quantitative estimate of drug-likeness (QED) is 0.789. The van der Waals surface area contributed by atoms with Crippen LogP contribution in [0.1, 0.15) is 20.7 Å². The third-order valence-electron chi connectivity index (χ3n) is 2.13. The van der Waals surface area contributed by atoms with Crippen molar-refractivity contribution in [1.29, 1.82) is 0 Å². The molecule has 3 rings (SSSR count). The van der Waals surface area contributed by atoms with Crippen molar-refractivity contribution in [3.05, 3.63) is 15.6 Å². The first-order valence-corrected chi connectivity index (χ1v) is 4.43. The van der Waals surface area contributed by atoms with E-state index < -0.39 is 11.9 Å². The van der Waals surface area contributed by atoms with Crippen LogP contribution >= 0.6 is 15.9 Å². The average Bonchev–Trinajstić information content (AvgIpc) is 2.67. The number of halogens is 1. The van der Waals surface area contributed by atoms with Crippen molar-refractivity contribution in [3.8, 4) is 5.75 Å². The van der Waals surface area contributed by atoms with Gasteiger partial charge < -0.3 is 14.3 Å². The number of fused-ring (bicyclic) bond motifs is 1. The van der Waals surface area contributed by atoms with E-state index >= 15 is 0 Å². The number of carbonyl (C=O) groups is 2. The van der Waals surface area contributed by atoms with Gasteiger partial charge in [0.25, 0.3) is 0 Å². The molecule has 0 atom stereocenters. The Kier molecular flexibility index (Phi) is 1.16. The van der Waals surface area contributed by atoms with Gasteiger partial charge in [-0.15, -0.1) is 0 Å². The Hall–Kier alpha value is -1.56. The molecule has 1 aliphatic heterocycles. The lowest BCUT2D eigenvalue weighted by atomic mass is 10.1. The Balaban J connectivity index is 2.52. The van der Waals surface area contributed by atoms with Crippen LogP contribution < -0.4 is 4.74 Å². The zero-order valence-electron chi connectivity index (χ0n) is 6.46. The van der Waals surface area contributed by atoms with Crippen molar-refractivity contribution >= 4 is 39.0 Å². The predicted octanol–water partition coefficient (Wildman–Crippen LogP) is 1.86. The smallest absolute Gasteiger partial charge is 0.348 e. The molecule has 5 nitrogen and oxygen atoms in total. The number of benzene rings is 1. The summed E-state index contributed by atoms with van der Waals surface area (Å²) in [4.78, 5) is 22.1. The van der Waals surface area contributed by atoms with Crippen LogP contribution in [0.4, 0.5) is 0 Å². The Morgan fingerprint density at radius 3 is 2.71 bits per heavy atom. The summed E-state index contributed by atoms with van der Waals surface area (Å²) in [5.74, 6) is -1.58.